The first-order chi connectivity index (χ1) is 8.05. The second kappa shape index (κ2) is 4.50. The summed E-state index contributed by atoms with van der Waals surface area (Å²) < 4.78 is 18.6. The van der Waals surface area contributed by atoms with E-state index in [2.05, 4.69) is 4.99 Å². The molecular weight excluding hydrogens is 245 g/mol. The fraction of sp³-hybridized carbons (Fsp3) is 0.364. The number of halogens is 2. The number of alkyl halides is 1. The Hall–Kier alpha value is -1.33. The lowest BCUT2D eigenvalue weighted by molar-refractivity contribution is 0.0828. The molecule has 0 saturated heterocycles. The number of nitrogens with two attached hydrogens (primary N) is 2. The molecule has 4 nitrogen and oxygen atoms in total. The molecule has 0 bridgehead atoms. The van der Waals surface area contributed by atoms with Crippen molar-refractivity contribution in [3.8, 4) is 0 Å². The molecule has 4 N–H and O–H groups in total. The molecule has 0 fully saturated rings. The van der Waals surface area contributed by atoms with E-state index in [9.17, 15) is 4.39 Å². The van der Waals surface area contributed by atoms with Crippen LogP contribution in [-0.4, -0.2) is 25.7 Å². The zero-order chi connectivity index (χ0) is 12.5. The Morgan fingerprint density at radius 2 is 2.18 bits per heavy atom. The molecule has 1 unspecified atom stereocenters. The van der Waals surface area contributed by atoms with Gasteiger partial charge in [0.15, 0.2) is 0 Å². The number of nitrogens with zero attached hydrogens (tertiary/aromatic N) is 1. The third-order valence-corrected chi connectivity index (χ3v) is 2.85. The number of benzene rings is 1. The summed E-state index contributed by atoms with van der Waals surface area (Å²) in [7, 11) is 0. The molecule has 92 valence electrons. The molecule has 1 aliphatic heterocycles. The van der Waals surface area contributed by atoms with Crippen molar-refractivity contribution in [2.75, 3.05) is 25.6 Å². The van der Waals surface area contributed by atoms with Crippen LogP contribution in [0.25, 0.3) is 0 Å². The van der Waals surface area contributed by atoms with Gasteiger partial charge in [-0.3, -0.25) is 4.99 Å². The van der Waals surface area contributed by atoms with Gasteiger partial charge in [-0.15, -0.1) is 0 Å². The minimum atomic E-state index is -1.12. The Kier molecular flexibility index (Phi) is 3.22. The van der Waals surface area contributed by atoms with Crippen molar-refractivity contribution in [3.63, 3.8) is 0 Å². The van der Waals surface area contributed by atoms with Crippen LogP contribution in [0.15, 0.2) is 23.2 Å². The van der Waals surface area contributed by atoms with E-state index in [1.54, 1.807) is 18.2 Å². The van der Waals surface area contributed by atoms with Crippen molar-refractivity contribution >= 4 is 23.1 Å². The van der Waals surface area contributed by atoms with E-state index in [-0.39, 0.29) is 19.0 Å². The largest absolute Gasteiger partial charge is 0.399 e. The van der Waals surface area contributed by atoms with Crippen molar-refractivity contribution in [2.24, 2.45) is 10.7 Å². The van der Waals surface area contributed by atoms with Gasteiger partial charge in [0.25, 0.3) is 0 Å². The smallest absolute Gasteiger partial charge is 0.139 e. The first-order valence-electron chi connectivity index (χ1n) is 5.10. The van der Waals surface area contributed by atoms with E-state index in [1.165, 1.54) is 0 Å². The maximum atomic E-state index is 13.3. The van der Waals surface area contributed by atoms with Crippen LogP contribution in [0.4, 0.5) is 10.1 Å². The molecule has 0 aromatic heterocycles. The highest BCUT2D eigenvalue weighted by atomic mass is 35.5. The number of anilines is 1. The quantitative estimate of drug-likeness (QED) is 0.788. The Balaban J connectivity index is 2.51. The predicted octanol–water partition coefficient (Wildman–Crippen LogP) is 1.47. The Labute approximate surface area is 103 Å². The summed E-state index contributed by atoms with van der Waals surface area (Å²) in [5.74, 6) is 0.271. The van der Waals surface area contributed by atoms with Crippen molar-refractivity contribution in [1.82, 2.24) is 0 Å². The average Bonchev–Trinajstić information content (AvgIpc) is 2.27. The van der Waals surface area contributed by atoms with Crippen molar-refractivity contribution < 1.29 is 9.13 Å². The van der Waals surface area contributed by atoms with E-state index in [1.807, 2.05) is 0 Å². The zero-order valence-corrected chi connectivity index (χ0v) is 9.88. The van der Waals surface area contributed by atoms with Gasteiger partial charge >= 0.3 is 0 Å². The van der Waals surface area contributed by atoms with Gasteiger partial charge in [-0.1, -0.05) is 11.6 Å². The number of nitrogen functional groups attached to an aromatic ring is 1. The third kappa shape index (κ3) is 2.35. The van der Waals surface area contributed by atoms with E-state index < -0.39 is 12.2 Å². The molecule has 17 heavy (non-hydrogen) atoms. The maximum Gasteiger partial charge on any atom is 0.139 e. The summed E-state index contributed by atoms with van der Waals surface area (Å²) in [5, 5.41) is 0.437. The van der Waals surface area contributed by atoms with Gasteiger partial charge < -0.3 is 16.2 Å². The van der Waals surface area contributed by atoms with Gasteiger partial charge in [-0.25, -0.2) is 4.39 Å². The van der Waals surface area contributed by atoms with Crippen LogP contribution >= 0.6 is 11.6 Å². The minimum absolute atomic E-state index is 0.129. The maximum absolute atomic E-state index is 13.3. The Morgan fingerprint density at radius 3 is 2.76 bits per heavy atom. The molecule has 0 radical (unpaired) electrons. The Morgan fingerprint density at radius 1 is 1.41 bits per heavy atom. The van der Waals surface area contributed by atoms with Crippen LogP contribution in [0, 0.1) is 0 Å². The van der Waals surface area contributed by atoms with Crippen molar-refractivity contribution in [2.45, 2.75) is 5.54 Å². The molecule has 1 atom stereocenters. The summed E-state index contributed by atoms with van der Waals surface area (Å²) in [6.07, 6.45) is 0. The highest BCUT2D eigenvalue weighted by Crippen LogP contribution is 2.32. The third-order valence-electron chi connectivity index (χ3n) is 2.63. The number of aliphatic imine (C=N–C) groups is 1. The fourth-order valence-corrected chi connectivity index (χ4v) is 2.08. The second-order valence-electron chi connectivity index (χ2n) is 4.03. The topological polar surface area (TPSA) is 73.6 Å². The lowest BCUT2D eigenvalue weighted by atomic mass is 9.91. The average molecular weight is 258 g/mol. The van der Waals surface area contributed by atoms with E-state index in [0.29, 0.717) is 16.3 Å². The standard InChI is InChI=1S/C11H13ClFN3O/c12-8-1-7(2-9(14)3-8)11(5-13)6-17-4-10(15)16-11/h1-3H,4-6,14H2,(H2,15,16). The molecule has 1 aliphatic rings. The molecule has 1 aromatic carbocycles. The monoisotopic (exact) mass is 257 g/mol. The normalized spacial score (nSPS) is 24.5. The number of rotatable bonds is 2. The summed E-state index contributed by atoms with van der Waals surface area (Å²) in [5.41, 5.74) is 11.2. The lowest BCUT2D eigenvalue weighted by Crippen LogP contribution is -2.41. The van der Waals surface area contributed by atoms with E-state index in [0.717, 1.165) is 0 Å². The SMILES string of the molecule is NC1=NC(CF)(c2cc(N)cc(Cl)c2)COC1. The molecule has 1 aromatic rings. The fourth-order valence-electron chi connectivity index (χ4n) is 1.84. The number of amidine groups is 1. The summed E-state index contributed by atoms with van der Waals surface area (Å²) >= 11 is 5.90. The molecule has 0 spiro atoms. The van der Waals surface area contributed by atoms with Crippen LogP contribution < -0.4 is 11.5 Å². The van der Waals surface area contributed by atoms with Crippen LogP contribution in [0.3, 0.4) is 0 Å². The molecule has 1 heterocycles. The molecule has 0 saturated carbocycles. The molecular formula is C11H13ClFN3O. The molecule has 2 rings (SSSR count). The second-order valence-corrected chi connectivity index (χ2v) is 4.47. The van der Waals surface area contributed by atoms with Crippen molar-refractivity contribution in [3.05, 3.63) is 28.8 Å². The summed E-state index contributed by atoms with van der Waals surface area (Å²) in [6.45, 7) is -0.366. The van der Waals surface area contributed by atoms with Crippen LogP contribution in [0.2, 0.25) is 5.02 Å². The van der Waals surface area contributed by atoms with Crippen LogP contribution in [0.1, 0.15) is 5.56 Å². The van der Waals surface area contributed by atoms with Crippen LogP contribution in [-0.2, 0) is 10.3 Å². The highest BCUT2D eigenvalue weighted by Gasteiger charge is 2.36. The first-order valence-corrected chi connectivity index (χ1v) is 5.48. The van der Waals surface area contributed by atoms with Gasteiger partial charge in [-0.2, -0.15) is 0 Å². The Bertz CT molecular complexity index is 446. The predicted molar refractivity (Wildman–Crippen MR) is 66.0 cm³/mol. The molecule has 0 aliphatic carbocycles. The highest BCUT2D eigenvalue weighted by molar-refractivity contribution is 6.30. The van der Waals surface area contributed by atoms with Gasteiger partial charge in [0.05, 0.1) is 6.61 Å². The molecule has 6 heteroatoms. The van der Waals surface area contributed by atoms with Gasteiger partial charge in [0.1, 0.15) is 24.7 Å². The van der Waals surface area contributed by atoms with Gasteiger partial charge in [0, 0.05) is 10.7 Å². The molecule has 0 amide bonds. The van der Waals surface area contributed by atoms with Crippen LogP contribution in [0.5, 0.6) is 0 Å². The minimum Gasteiger partial charge on any atom is -0.399 e. The first kappa shape index (κ1) is 12.1. The number of hydrogen-bond acceptors (Lipinski definition) is 4. The summed E-state index contributed by atoms with van der Waals surface area (Å²) in [4.78, 5) is 4.16. The van der Waals surface area contributed by atoms with Gasteiger partial charge in [-0.05, 0) is 23.8 Å². The zero-order valence-electron chi connectivity index (χ0n) is 9.12. The number of hydrogen-bond donors (Lipinski definition) is 2. The van der Waals surface area contributed by atoms with Gasteiger partial charge in [0.2, 0.25) is 0 Å². The van der Waals surface area contributed by atoms with E-state index >= 15 is 0 Å². The van der Waals surface area contributed by atoms with Crippen molar-refractivity contribution in [1.29, 1.82) is 0 Å². The van der Waals surface area contributed by atoms with E-state index in [4.69, 9.17) is 27.8 Å². The lowest BCUT2D eigenvalue weighted by Gasteiger charge is -2.31. The summed E-state index contributed by atoms with van der Waals surface area (Å²) in [6, 6.07) is 4.85. The number of ether oxygens (including phenoxy) is 1.